The van der Waals surface area contributed by atoms with Gasteiger partial charge in [-0.1, -0.05) is 94.4 Å². The van der Waals surface area contributed by atoms with E-state index in [1.54, 1.807) is 148 Å². The predicted octanol–water partition coefficient (Wildman–Crippen LogP) is 13.6. The number of benzene rings is 7. The first-order valence-corrected chi connectivity index (χ1v) is 33.8. The number of para-hydroxylation sites is 1. The lowest BCUT2D eigenvalue weighted by molar-refractivity contribution is -0.118. The fraction of sp³-hybridized carbons (Fsp3) is 0.200. The Balaban J connectivity index is 0.000000160. The largest absolute Gasteiger partial charge is 0.494 e. The molecule has 0 spiro atoms. The molecule has 502 valence electrons. The molecule has 3 atom stereocenters. The van der Waals surface area contributed by atoms with Gasteiger partial charge in [-0.05, 0) is 135 Å². The molecule has 3 saturated heterocycles. The van der Waals surface area contributed by atoms with Crippen LogP contribution >= 0.6 is 58.0 Å². The van der Waals surface area contributed by atoms with E-state index < -0.39 is 21.8 Å². The molecule has 5 heterocycles. The predicted molar refractivity (Wildman–Crippen MR) is 373 cm³/mol. The molecular weight excluding hydrogens is 1380 g/mol. The van der Waals surface area contributed by atoms with Crippen LogP contribution in [0.3, 0.4) is 0 Å². The van der Waals surface area contributed by atoms with E-state index in [9.17, 15) is 37.7 Å². The van der Waals surface area contributed by atoms with Gasteiger partial charge in [0.05, 0.1) is 39.4 Å². The van der Waals surface area contributed by atoms with Crippen molar-refractivity contribution < 1.29 is 51.3 Å². The molecule has 0 radical (unpaired) electrons. The first-order valence-electron chi connectivity index (χ1n) is 30.2. The van der Waals surface area contributed by atoms with Crippen LogP contribution in [0.5, 0.6) is 40.5 Å². The lowest BCUT2D eigenvalue weighted by atomic mass is 9.97. The Hall–Kier alpha value is -9.90. The third-order valence-electron chi connectivity index (χ3n) is 15.9. The normalized spacial score (nSPS) is 15.8. The van der Waals surface area contributed by atoms with Crippen molar-refractivity contribution in [3.63, 3.8) is 0 Å². The van der Waals surface area contributed by atoms with Crippen molar-refractivity contribution in [1.29, 1.82) is 5.26 Å². The summed E-state index contributed by atoms with van der Waals surface area (Å²) in [6.07, 6.45) is 5.77. The highest BCUT2D eigenvalue weighted by Gasteiger charge is 2.36. The monoisotopic (exact) mass is 1440 g/mol. The van der Waals surface area contributed by atoms with Crippen LogP contribution < -0.4 is 50.3 Å². The first-order chi connectivity index (χ1) is 46.9. The van der Waals surface area contributed by atoms with Crippen LogP contribution in [0.1, 0.15) is 97.8 Å². The summed E-state index contributed by atoms with van der Waals surface area (Å²) in [5.41, 5.74) is 17.6. The van der Waals surface area contributed by atoms with Crippen molar-refractivity contribution in [2.24, 2.45) is 16.6 Å². The summed E-state index contributed by atoms with van der Waals surface area (Å²) >= 11 is 31.0. The average molecular weight is 1440 g/mol. The Morgan fingerprint density at radius 1 is 0.592 bits per heavy atom. The van der Waals surface area contributed by atoms with Gasteiger partial charge in [-0.2, -0.15) is 5.26 Å². The van der Waals surface area contributed by atoms with Gasteiger partial charge in [0, 0.05) is 125 Å². The van der Waals surface area contributed by atoms with E-state index in [4.69, 9.17) is 93.6 Å². The van der Waals surface area contributed by atoms with Gasteiger partial charge >= 0.3 is 0 Å². The fourth-order valence-corrected chi connectivity index (χ4v) is 12.4. The molecule has 98 heavy (non-hydrogen) atoms. The second-order valence-electron chi connectivity index (χ2n) is 22.8. The minimum absolute atomic E-state index is 0.0258. The van der Waals surface area contributed by atoms with Crippen LogP contribution in [0.15, 0.2) is 164 Å². The van der Waals surface area contributed by atoms with E-state index in [2.05, 4.69) is 26.0 Å². The number of hydrogen-bond donors (Lipinski definition) is 3. The maximum atomic E-state index is 12.8. The van der Waals surface area contributed by atoms with Crippen molar-refractivity contribution >= 4 is 115 Å². The van der Waals surface area contributed by atoms with Crippen LogP contribution in [-0.4, -0.2) is 89.9 Å². The number of hydrogen-bond acceptors (Lipinski definition) is 16. The Bertz CT molecular complexity index is 4700. The maximum Gasteiger partial charge on any atom is 0.257 e. The molecule has 7 aromatic carbocycles. The number of aryl methyl sites for hydroxylation is 2. The van der Waals surface area contributed by atoms with Gasteiger partial charge in [0.25, 0.3) is 5.88 Å². The quantitative estimate of drug-likeness (QED) is 0.0633. The molecule has 2 unspecified atom stereocenters. The van der Waals surface area contributed by atoms with E-state index in [1.165, 1.54) is 12.4 Å². The number of carbonyl (C=O) groups is 5. The minimum Gasteiger partial charge on any atom is -0.494 e. The van der Waals surface area contributed by atoms with Crippen LogP contribution in [0, 0.1) is 25.2 Å². The number of amides is 5. The standard InChI is InChI=1S/C26H23Cl2N3O5S.C23H21ClN4O3.C21H16Cl2N4O3/c27-22-10-5-17(13-24(22)36-26-18(15-29)3-1-4-23(26)28)19-14-25(32)31(16-19)20-6-8-21(9-7-20)35-11-2-12-37(30,33)34;1-13-11-26-14(2)23(27-13)31-20-10-17(24)6-7-19(20)16-9-21(29)28(12-16)18-5-3-4-15(8-18)22(25)30;22-14-4-5-16(17(10-14)30-21-19(23)25-6-7-26-21)13-9-18(28)27(11-13)15-3-1-2-12(8-15)20(24)29/h1,3-10,13,19H,2,11-12,14,16H2,(H2,30,33,34);3-8,10-11,16H,9,12H2,1-2H3,(H2,25,30);1-8,10,13H,9,11H2,(H2,24,29)/t19-;;/m0../s1. The smallest absolute Gasteiger partial charge is 0.257 e. The Labute approximate surface area is 588 Å². The Morgan fingerprint density at radius 2 is 1.13 bits per heavy atom. The zero-order chi connectivity index (χ0) is 69.9. The molecule has 5 amide bonds. The molecule has 12 rings (SSSR count). The van der Waals surface area contributed by atoms with Crippen molar-refractivity contribution in [2.75, 3.05) is 46.7 Å². The number of nitrogens with two attached hydrogens (primary N) is 3. The highest BCUT2D eigenvalue weighted by molar-refractivity contribution is 7.89. The highest BCUT2D eigenvalue weighted by Crippen LogP contribution is 2.44. The second kappa shape index (κ2) is 31.5. The molecule has 3 aliphatic heterocycles. The number of anilines is 3. The SMILES string of the molecule is Cc1cnc(C)c(Oc2cc(Cl)ccc2C2CC(=O)N(c3cccc(C(N)=O)c3)C2)n1.N#Cc1cccc(Cl)c1Oc1cc([C@H]2CC(=O)N(c3ccc(OCCCS(N)(=O)=O)cc3)C2)ccc1Cl.NC(=O)c1cccc(N2CC(c3ccc(Cl)cc3Oc3nccnc3Cl)CC2=O)c1. The van der Waals surface area contributed by atoms with E-state index >= 15 is 0 Å². The van der Waals surface area contributed by atoms with Gasteiger partial charge in [-0.15, -0.1) is 0 Å². The van der Waals surface area contributed by atoms with E-state index in [0.717, 1.165) is 28.1 Å². The Morgan fingerprint density at radius 3 is 1.69 bits per heavy atom. The summed E-state index contributed by atoms with van der Waals surface area (Å²) < 4.78 is 45.5. The van der Waals surface area contributed by atoms with Gasteiger partial charge in [-0.3, -0.25) is 29.0 Å². The van der Waals surface area contributed by atoms with Gasteiger partial charge in [0.15, 0.2) is 10.9 Å². The number of rotatable bonds is 19. The molecule has 0 bridgehead atoms. The number of sulfonamides is 1. The number of primary sulfonamides is 1. The zero-order valence-corrected chi connectivity index (χ0v) is 56.9. The second-order valence-corrected chi connectivity index (χ2v) is 26.5. The number of ether oxygens (including phenoxy) is 4. The molecular formula is C70H60Cl5N11O11S. The van der Waals surface area contributed by atoms with Crippen molar-refractivity contribution in [2.45, 2.75) is 57.3 Å². The van der Waals surface area contributed by atoms with Gasteiger partial charge < -0.3 is 45.1 Å². The van der Waals surface area contributed by atoms with Crippen LogP contribution in [0.2, 0.25) is 25.2 Å². The van der Waals surface area contributed by atoms with Crippen LogP contribution in [-0.2, 0) is 24.4 Å². The van der Waals surface area contributed by atoms with E-state index in [1.807, 2.05) is 32.0 Å². The number of halogens is 5. The molecule has 6 N–H and O–H groups in total. The summed E-state index contributed by atoms with van der Waals surface area (Å²) in [7, 11) is -3.52. The molecule has 0 aliphatic carbocycles. The summed E-state index contributed by atoms with van der Waals surface area (Å²) in [5.74, 6) is 0.953. The number of carbonyl (C=O) groups excluding carboxylic acids is 5. The third-order valence-corrected chi connectivity index (χ3v) is 18.1. The lowest BCUT2D eigenvalue weighted by Gasteiger charge is -2.19. The van der Waals surface area contributed by atoms with Gasteiger partial charge in [0.2, 0.25) is 45.4 Å². The lowest BCUT2D eigenvalue weighted by Crippen LogP contribution is -2.24. The van der Waals surface area contributed by atoms with E-state index in [-0.39, 0.29) is 83.0 Å². The Kier molecular flexibility index (Phi) is 22.8. The molecule has 9 aromatic rings. The van der Waals surface area contributed by atoms with Crippen LogP contribution in [0.25, 0.3) is 0 Å². The number of primary amides is 2. The summed E-state index contributed by atoms with van der Waals surface area (Å²) in [6, 6.07) is 43.4. The van der Waals surface area contributed by atoms with Crippen LogP contribution in [0.4, 0.5) is 17.1 Å². The molecule has 2 aromatic heterocycles. The van der Waals surface area contributed by atoms with E-state index in [0.29, 0.717) is 110 Å². The average Bonchev–Trinajstić information content (AvgIpc) is 1.74. The topological polar surface area (TPSA) is 320 Å². The third kappa shape index (κ3) is 17.8. The molecule has 22 nitrogen and oxygen atoms in total. The minimum atomic E-state index is -3.52. The summed E-state index contributed by atoms with van der Waals surface area (Å²) in [6.45, 7) is 5.19. The number of nitriles is 1. The van der Waals surface area contributed by atoms with Crippen molar-refractivity contribution in [1.82, 2.24) is 19.9 Å². The number of nitrogens with zero attached hydrogens (tertiary/aromatic N) is 8. The molecule has 3 aliphatic rings. The molecule has 3 fully saturated rings. The van der Waals surface area contributed by atoms with Crippen molar-refractivity contribution in [3.05, 3.63) is 234 Å². The molecule has 0 saturated carbocycles. The zero-order valence-electron chi connectivity index (χ0n) is 52.3. The van der Waals surface area contributed by atoms with Gasteiger partial charge in [0.1, 0.15) is 29.1 Å². The molecule has 28 heteroatoms. The maximum absolute atomic E-state index is 12.8. The number of aromatic nitrogens is 4. The van der Waals surface area contributed by atoms with Gasteiger partial charge in [-0.25, -0.2) is 28.5 Å². The van der Waals surface area contributed by atoms with Crippen molar-refractivity contribution in [3.8, 4) is 46.6 Å². The fourth-order valence-electron chi connectivity index (χ4n) is 11.1. The first kappa shape index (κ1) is 70.9. The summed E-state index contributed by atoms with van der Waals surface area (Å²) in [4.78, 5) is 83.1. The highest BCUT2D eigenvalue weighted by atomic mass is 35.5. The summed E-state index contributed by atoms with van der Waals surface area (Å²) in [5, 5.41) is 16.1.